The summed E-state index contributed by atoms with van der Waals surface area (Å²) >= 11 is 7.80. The number of nitrogens with zero attached hydrogens (tertiary/aromatic N) is 1. The molecule has 0 spiro atoms. The van der Waals surface area contributed by atoms with Crippen molar-refractivity contribution < 1.29 is 0 Å². The van der Waals surface area contributed by atoms with Crippen molar-refractivity contribution >= 4 is 33.2 Å². The number of hydrogen-bond donors (Lipinski definition) is 1. The van der Waals surface area contributed by atoms with Gasteiger partial charge in [-0.05, 0) is 18.6 Å². The number of benzene rings is 1. The Morgan fingerprint density at radius 2 is 2.25 bits per heavy atom. The molecule has 0 aliphatic heterocycles. The monoisotopic (exact) mass is 254 g/mol. The zero-order chi connectivity index (χ0) is 11.8. The summed E-state index contributed by atoms with van der Waals surface area (Å²) in [4.78, 5) is 4.64. The zero-order valence-electron chi connectivity index (χ0n) is 9.46. The summed E-state index contributed by atoms with van der Waals surface area (Å²) in [5, 5.41) is 1.86. The highest BCUT2D eigenvalue weighted by atomic mass is 35.5. The summed E-state index contributed by atoms with van der Waals surface area (Å²) in [6, 6.07) is 5.82. The molecule has 1 unspecified atom stereocenters. The average Bonchev–Trinajstić information content (AvgIpc) is 2.74. The molecular formula is C12H15ClN2S. The van der Waals surface area contributed by atoms with Crippen LogP contribution in [0, 0.1) is 0 Å². The highest BCUT2D eigenvalue weighted by Gasteiger charge is 2.27. The van der Waals surface area contributed by atoms with Gasteiger partial charge in [0.2, 0.25) is 0 Å². The van der Waals surface area contributed by atoms with Gasteiger partial charge in [-0.2, -0.15) is 0 Å². The molecule has 2 aromatic rings. The van der Waals surface area contributed by atoms with Crippen LogP contribution in [0.5, 0.6) is 0 Å². The van der Waals surface area contributed by atoms with Crippen molar-refractivity contribution in [2.45, 2.75) is 25.7 Å². The smallest absolute Gasteiger partial charge is 0.101 e. The summed E-state index contributed by atoms with van der Waals surface area (Å²) < 4.78 is 1.06. The Balaban J connectivity index is 2.59. The van der Waals surface area contributed by atoms with E-state index in [1.165, 1.54) is 0 Å². The van der Waals surface area contributed by atoms with Crippen LogP contribution in [0.2, 0.25) is 5.02 Å². The van der Waals surface area contributed by atoms with Crippen molar-refractivity contribution in [2.24, 2.45) is 5.73 Å². The van der Waals surface area contributed by atoms with Crippen LogP contribution in [0.1, 0.15) is 25.3 Å². The topological polar surface area (TPSA) is 38.9 Å². The van der Waals surface area contributed by atoms with E-state index in [-0.39, 0.29) is 5.41 Å². The third kappa shape index (κ3) is 1.83. The Morgan fingerprint density at radius 3 is 2.81 bits per heavy atom. The molecule has 86 valence electrons. The molecule has 0 bridgehead atoms. The molecule has 2 rings (SSSR count). The van der Waals surface area contributed by atoms with Gasteiger partial charge in [-0.3, -0.25) is 0 Å². The van der Waals surface area contributed by atoms with Gasteiger partial charge in [-0.25, -0.2) is 4.98 Å². The predicted octanol–water partition coefficient (Wildman–Crippen LogP) is 3.58. The second-order valence-corrected chi connectivity index (χ2v) is 5.63. The number of thiazole rings is 1. The van der Waals surface area contributed by atoms with Gasteiger partial charge >= 0.3 is 0 Å². The molecule has 1 atom stereocenters. The van der Waals surface area contributed by atoms with Crippen LogP contribution in [0.4, 0.5) is 0 Å². The normalized spacial score (nSPS) is 15.2. The number of aromatic nitrogens is 1. The molecule has 4 heteroatoms. The van der Waals surface area contributed by atoms with Gasteiger partial charge in [-0.1, -0.05) is 31.5 Å². The van der Waals surface area contributed by atoms with E-state index in [0.717, 1.165) is 26.7 Å². The molecule has 1 aromatic heterocycles. The van der Waals surface area contributed by atoms with E-state index in [4.69, 9.17) is 17.3 Å². The summed E-state index contributed by atoms with van der Waals surface area (Å²) in [6.07, 6.45) is 0.987. The fourth-order valence-corrected chi connectivity index (χ4v) is 3.04. The van der Waals surface area contributed by atoms with Crippen molar-refractivity contribution in [2.75, 3.05) is 6.54 Å². The Hall–Kier alpha value is -0.640. The molecule has 1 heterocycles. The molecule has 2 nitrogen and oxygen atoms in total. The number of rotatable bonds is 3. The summed E-state index contributed by atoms with van der Waals surface area (Å²) in [6.45, 7) is 4.90. The van der Waals surface area contributed by atoms with E-state index < -0.39 is 0 Å². The summed E-state index contributed by atoms with van der Waals surface area (Å²) in [5.74, 6) is 0. The highest BCUT2D eigenvalue weighted by Crippen LogP contribution is 2.36. The van der Waals surface area contributed by atoms with Crippen LogP contribution in [0.25, 0.3) is 10.2 Å². The van der Waals surface area contributed by atoms with Crippen LogP contribution < -0.4 is 5.73 Å². The van der Waals surface area contributed by atoms with Gasteiger partial charge in [0.05, 0.1) is 15.2 Å². The Bertz CT molecular complexity index is 503. The summed E-state index contributed by atoms with van der Waals surface area (Å²) in [7, 11) is 0. The van der Waals surface area contributed by atoms with E-state index in [0.29, 0.717) is 6.54 Å². The number of fused-ring (bicyclic) bond motifs is 1. The lowest BCUT2D eigenvalue weighted by Gasteiger charge is -2.23. The van der Waals surface area contributed by atoms with Crippen LogP contribution in [-0.2, 0) is 5.41 Å². The Kier molecular flexibility index (Phi) is 3.19. The van der Waals surface area contributed by atoms with Gasteiger partial charge in [-0.15, -0.1) is 11.3 Å². The molecule has 16 heavy (non-hydrogen) atoms. The maximum atomic E-state index is 6.15. The molecular weight excluding hydrogens is 240 g/mol. The van der Waals surface area contributed by atoms with Crippen LogP contribution in [0.3, 0.4) is 0 Å². The van der Waals surface area contributed by atoms with Crippen molar-refractivity contribution in [3.8, 4) is 0 Å². The maximum Gasteiger partial charge on any atom is 0.101 e. The molecule has 0 amide bonds. The molecule has 0 saturated carbocycles. The fourth-order valence-electron chi connectivity index (χ4n) is 1.56. The van der Waals surface area contributed by atoms with Crippen molar-refractivity contribution in [1.82, 2.24) is 4.98 Å². The van der Waals surface area contributed by atoms with E-state index >= 15 is 0 Å². The minimum Gasteiger partial charge on any atom is -0.330 e. The minimum atomic E-state index is -0.0347. The zero-order valence-corrected chi connectivity index (χ0v) is 11.0. The van der Waals surface area contributed by atoms with Crippen LogP contribution >= 0.6 is 22.9 Å². The molecule has 0 aliphatic carbocycles. The van der Waals surface area contributed by atoms with Gasteiger partial charge in [0.15, 0.2) is 0 Å². The third-order valence-electron chi connectivity index (χ3n) is 3.11. The minimum absolute atomic E-state index is 0.0347. The molecule has 2 N–H and O–H groups in total. The van der Waals surface area contributed by atoms with Gasteiger partial charge in [0.1, 0.15) is 5.01 Å². The number of nitrogens with two attached hydrogens (primary N) is 1. The first-order valence-electron chi connectivity index (χ1n) is 5.36. The third-order valence-corrected chi connectivity index (χ3v) is 4.95. The lowest BCUT2D eigenvalue weighted by atomic mass is 9.89. The van der Waals surface area contributed by atoms with Gasteiger partial charge < -0.3 is 5.73 Å². The molecule has 1 aromatic carbocycles. The van der Waals surface area contributed by atoms with Crippen molar-refractivity contribution in [3.05, 3.63) is 28.2 Å². The van der Waals surface area contributed by atoms with Gasteiger partial charge in [0.25, 0.3) is 0 Å². The second kappa shape index (κ2) is 4.32. The molecule has 0 aliphatic rings. The average molecular weight is 255 g/mol. The maximum absolute atomic E-state index is 6.15. The lowest BCUT2D eigenvalue weighted by Crippen LogP contribution is -2.30. The Morgan fingerprint density at radius 1 is 1.50 bits per heavy atom. The largest absolute Gasteiger partial charge is 0.330 e. The van der Waals surface area contributed by atoms with Crippen molar-refractivity contribution in [3.63, 3.8) is 0 Å². The molecule has 0 fully saturated rings. The first-order chi connectivity index (χ1) is 7.60. The first-order valence-corrected chi connectivity index (χ1v) is 6.56. The molecule has 0 saturated heterocycles. The highest BCUT2D eigenvalue weighted by molar-refractivity contribution is 7.19. The van der Waals surface area contributed by atoms with Crippen molar-refractivity contribution in [1.29, 1.82) is 0 Å². The predicted molar refractivity (Wildman–Crippen MR) is 71.3 cm³/mol. The van der Waals surface area contributed by atoms with E-state index in [9.17, 15) is 0 Å². The lowest BCUT2D eigenvalue weighted by molar-refractivity contribution is 0.465. The molecule has 0 radical (unpaired) electrons. The van der Waals surface area contributed by atoms with Gasteiger partial charge in [0, 0.05) is 12.0 Å². The van der Waals surface area contributed by atoms with E-state index in [1.807, 2.05) is 18.2 Å². The van der Waals surface area contributed by atoms with E-state index in [2.05, 4.69) is 18.8 Å². The van der Waals surface area contributed by atoms with E-state index in [1.54, 1.807) is 11.3 Å². The number of halogens is 1. The SMILES string of the molecule is CCC(C)(CN)c1nc2cccc(Cl)c2s1. The second-order valence-electron chi connectivity index (χ2n) is 4.23. The van der Waals surface area contributed by atoms with Crippen LogP contribution in [-0.4, -0.2) is 11.5 Å². The standard InChI is InChI=1S/C12H15ClN2S/c1-3-12(2,7-14)11-15-9-6-4-5-8(13)10(9)16-11/h4-6H,3,7,14H2,1-2H3. The quantitative estimate of drug-likeness (QED) is 0.909. The first kappa shape index (κ1) is 11.8. The fraction of sp³-hybridized carbons (Fsp3) is 0.417. The Labute approximate surface area is 104 Å². The van der Waals surface area contributed by atoms with Crippen LogP contribution in [0.15, 0.2) is 18.2 Å². The summed E-state index contributed by atoms with van der Waals surface area (Å²) in [5.41, 5.74) is 6.78. The number of hydrogen-bond acceptors (Lipinski definition) is 3.